The van der Waals surface area contributed by atoms with Crippen LogP contribution in [0.3, 0.4) is 0 Å². The third kappa shape index (κ3) is 1.90. The highest BCUT2D eigenvalue weighted by molar-refractivity contribution is 5.82. The first-order chi connectivity index (χ1) is 7.45. The molecule has 0 radical (unpaired) electrons. The highest BCUT2D eigenvalue weighted by Crippen LogP contribution is 2.29. The number of carbonyl (C=O) groups is 1. The maximum absolute atomic E-state index is 13.5. The lowest BCUT2D eigenvalue weighted by Gasteiger charge is -2.29. The number of rotatable bonds is 4. The van der Waals surface area contributed by atoms with Gasteiger partial charge in [-0.15, -0.1) is 0 Å². The van der Waals surface area contributed by atoms with Crippen molar-refractivity contribution in [1.82, 2.24) is 0 Å². The molecule has 1 rings (SSSR count). The minimum absolute atomic E-state index is 0.166. The highest BCUT2D eigenvalue weighted by atomic mass is 19.1. The van der Waals surface area contributed by atoms with Crippen LogP contribution in [0, 0.1) is 5.82 Å². The van der Waals surface area contributed by atoms with Crippen molar-refractivity contribution in [2.24, 2.45) is 5.73 Å². The molecule has 2 unspecified atom stereocenters. The molecule has 0 fully saturated rings. The monoisotopic (exact) mass is 229 g/mol. The Balaban J connectivity index is 3.30. The van der Waals surface area contributed by atoms with Gasteiger partial charge in [0.05, 0.1) is 0 Å². The summed E-state index contributed by atoms with van der Waals surface area (Å²) >= 11 is 0. The van der Waals surface area contributed by atoms with Crippen molar-refractivity contribution in [3.63, 3.8) is 0 Å². The Morgan fingerprint density at radius 3 is 2.31 bits per heavy atom. The van der Waals surface area contributed by atoms with E-state index in [4.69, 9.17) is 10.8 Å². The van der Waals surface area contributed by atoms with E-state index in [0.29, 0.717) is 0 Å². The summed E-state index contributed by atoms with van der Waals surface area (Å²) in [5, 5.41) is 9.10. The van der Waals surface area contributed by atoms with Gasteiger partial charge in [0.15, 0.2) is 0 Å². The van der Waals surface area contributed by atoms with Gasteiger partial charge >= 0.3 is 5.97 Å². The molecule has 0 aliphatic carbocycles. The second-order valence-corrected chi connectivity index (χ2v) is 3.60. The first-order valence-electron chi connectivity index (χ1n) is 4.78. The number of carboxylic acid groups (broad SMARTS) is 1. The first kappa shape index (κ1) is 12.6. The van der Waals surface area contributed by atoms with Gasteiger partial charge in [0, 0.05) is 6.54 Å². The SMILES string of the molecule is CC(F)C(CN)(C(=O)O)c1ccc(F)cc1. The Labute approximate surface area is 91.9 Å². The molecule has 3 nitrogen and oxygen atoms in total. The summed E-state index contributed by atoms with van der Waals surface area (Å²) < 4.78 is 26.2. The standard InChI is InChI=1S/C11H13F2NO2/c1-7(12)11(6-14,10(15)16)8-2-4-9(13)5-3-8/h2-5,7H,6,14H2,1H3,(H,15,16). The fraction of sp³-hybridized carbons (Fsp3) is 0.364. The van der Waals surface area contributed by atoms with E-state index < -0.39 is 23.4 Å². The van der Waals surface area contributed by atoms with Gasteiger partial charge in [-0.3, -0.25) is 4.79 Å². The molecule has 2 atom stereocenters. The highest BCUT2D eigenvalue weighted by Gasteiger charge is 2.45. The molecular weight excluding hydrogens is 216 g/mol. The van der Waals surface area contributed by atoms with Crippen LogP contribution in [0.1, 0.15) is 12.5 Å². The molecule has 0 saturated carbocycles. The van der Waals surface area contributed by atoms with E-state index in [1.54, 1.807) is 0 Å². The first-order valence-corrected chi connectivity index (χ1v) is 4.78. The van der Waals surface area contributed by atoms with Crippen molar-refractivity contribution in [3.8, 4) is 0 Å². The van der Waals surface area contributed by atoms with E-state index in [0.717, 1.165) is 19.1 Å². The molecule has 5 heteroatoms. The lowest BCUT2D eigenvalue weighted by molar-refractivity contribution is -0.146. The van der Waals surface area contributed by atoms with E-state index in [2.05, 4.69) is 0 Å². The van der Waals surface area contributed by atoms with Crippen LogP contribution >= 0.6 is 0 Å². The van der Waals surface area contributed by atoms with Gasteiger partial charge in [0.2, 0.25) is 0 Å². The number of hydrogen-bond donors (Lipinski definition) is 2. The van der Waals surface area contributed by atoms with Gasteiger partial charge in [-0.2, -0.15) is 0 Å². The Bertz CT molecular complexity index is 378. The van der Waals surface area contributed by atoms with E-state index in [9.17, 15) is 13.6 Å². The van der Waals surface area contributed by atoms with E-state index in [1.165, 1.54) is 12.1 Å². The molecule has 0 aliphatic rings. The van der Waals surface area contributed by atoms with Gasteiger partial charge < -0.3 is 10.8 Å². The third-order valence-electron chi connectivity index (χ3n) is 2.74. The molecule has 16 heavy (non-hydrogen) atoms. The summed E-state index contributed by atoms with van der Waals surface area (Å²) in [5.41, 5.74) is 3.72. The van der Waals surface area contributed by atoms with E-state index in [1.807, 2.05) is 0 Å². The molecule has 0 heterocycles. The Kier molecular flexibility index (Phi) is 3.59. The number of halogens is 2. The van der Waals surface area contributed by atoms with Gasteiger partial charge in [-0.05, 0) is 24.6 Å². The summed E-state index contributed by atoms with van der Waals surface area (Å²) in [6.07, 6.45) is -1.67. The average molecular weight is 229 g/mol. The second-order valence-electron chi connectivity index (χ2n) is 3.60. The molecular formula is C11H13F2NO2. The quantitative estimate of drug-likeness (QED) is 0.821. The van der Waals surface area contributed by atoms with Crippen LogP contribution in [0.5, 0.6) is 0 Å². The van der Waals surface area contributed by atoms with Crippen LogP contribution in [0.15, 0.2) is 24.3 Å². The molecule has 0 saturated heterocycles. The predicted octanol–water partition coefficient (Wildman–Crippen LogP) is 1.46. The Morgan fingerprint density at radius 2 is 2.00 bits per heavy atom. The second kappa shape index (κ2) is 4.57. The molecule has 0 spiro atoms. The van der Waals surface area contributed by atoms with E-state index in [-0.39, 0.29) is 12.1 Å². The number of aliphatic carboxylic acids is 1. The topological polar surface area (TPSA) is 63.3 Å². The van der Waals surface area contributed by atoms with Crippen molar-refractivity contribution in [1.29, 1.82) is 0 Å². The molecule has 0 amide bonds. The average Bonchev–Trinajstić information content (AvgIpc) is 2.21. The number of benzene rings is 1. The summed E-state index contributed by atoms with van der Waals surface area (Å²) in [7, 11) is 0. The molecule has 0 aromatic heterocycles. The largest absolute Gasteiger partial charge is 0.480 e. The zero-order valence-corrected chi connectivity index (χ0v) is 8.78. The predicted molar refractivity (Wildman–Crippen MR) is 55.3 cm³/mol. The normalized spacial score (nSPS) is 16.5. The number of carboxylic acids is 1. The van der Waals surface area contributed by atoms with Crippen molar-refractivity contribution < 1.29 is 18.7 Å². The number of hydrogen-bond acceptors (Lipinski definition) is 2. The number of alkyl halides is 1. The molecule has 1 aromatic carbocycles. The van der Waals surface area contributed by atoms with Crippen molar-refractivity contribution in [3.05, 3.63) is 35.6 Å². The van der Waals surface area contributed by atoms with Gasteiger partial charge in [-0.25, -0.2) is 8.78 Å². The van der Waals surface area contributed by atoms with Crippen LogP contribution in [0.4, 0.5) is 8.78 Å². The third-order valence-corrected chi connectivity index (χ3v) is 2.74. The van der Waals surface area contributed by atoms with Crippen molar-refractivity contribution >= 4 is 5.97 Å². The Hall–Kier alpha value is -1.49. The van der Waals surface area contributed by atoms with Crippen LogP contribution in [0.2, 0.25) is 0 Å². The summed E-state index contributed by atoms with van der Waals surface area (Å²) in [5.74, 6) is -1.86. The summed E-state index contributed by atoms with van der Waals surface area (Å²) in [4.78, 5) is 11.2. The smallest absolute Gasteiger partial charge is 0.318 e. The molecule has 0 bridgehead atoms. The maximum Gasteiger partial charge on any atom is 0.318 e. The molecule has 0 aliphatic heterocycles. The molecule has 3 N–H and O–H groups in total. The van der Waals surface area contributed by atoms with E-state index >= 15 is 0 Å². The van der Waals surface area contributed by atoms with Crippen LogP contribution in [-0.4, -0.2) is 23.8 Å². The lowest BCUT2D eigenvalue weighted by atomic mass is 9.77. The molecule has 1 aromatic rings. The zero-order valence-electron chi connectivity index (χ0n) is 8.78. The van der Waals surface area contributed by atoms with Crippen molar-refractivity contribution in [2.75, 3.05) is 6.54 Å². The summed E-state index contributed by atoms with van der Waals surface area (Å²) in [6.45, 7) is 0.746. The van der Waals surface area contributed by atoms with Crippen LogP contribution in [0.25, 0.3) is 0 Å². The summed E-state index contributed by atoms with van der Waals surface area (Å²) in [6, 6.07) is 4.66. The van der Waals surface area contributed by atoms with Gasteiger partial charge in [0.25, 0.3) is 0 Å². The lowest BCUT2D eigenvalue weighted by Crippen LogP contribution is -2.49. The maximum atomic E-state index is 13.5. The fourth-order valence-corrected chi connectivity index (χ4v) is 1.64. The fourth-order valence-electron chi connectivity index (χ4n) is 1.64. The van der Waals surface area contributed by atoms with Crippen LogP contribution in [-0.2, 0) is 10.2 Å². The van der Waals surface area contributed by atoms with Crippen LogP contribution < -0.4 is 5.73 Å². The molecule has 88 valence electrons. The minimum atomic E-state index is -1.81. The van der Waals surface area contributed by atoms with Gasteiger partial charge in [-0.1, -0.05) is 12.1 Å². The zero-order chi connectivity index (χ0) is 12.3. The minimum Gasteiger partial charge on any atom is -0.480 e. The number of nitrogens with two attached hydrogens (primary N) is 1. The van der Waals surface area contributed by atoms with Gasteiger partial charge in [0.1, 0.15) is 17.4 Å². The van der Waals surface area contributed by atoms with Crippen molar-refractivity contribution in [2.45, 2.75) is 18.5 Å². The Morgan fingerprint density at radius 1 is 1.50 bits per heavy atom.